The van der Waals surface area contributed by atoms with Crippen molar-refractivity contribution < 1.29 is 17.6 Å². The first-order valence-corrected chi connectivity index (χ1v) is 5.69. The maximum atomic E-state index is 14.0. The maximum absolute atomic E-state index is 14.0. The molecule has 0 bridgehead atoms. The summed E-state index contributed by atoms with van der Waals surface area (Å²) in [5.41, 5.74) is -1.45. The third-order valence-corrected chi connectivity index (χ3v) is 2.89. The van der Waals surface area contributed by atoms with Crippen molar-refractivity contribution in [3.05, 3.63) is 77.1 Å². The van der Waals surface area contributed by atoms with Crippen molar-refractivity contribution in [2.24, 2.45) is 0 Å². The lowest BCUT2D eigenvalue weighted by molar-refractivity contribution is -0.223. The van der Waals surface area contributed by atoms with Gasteiger partial charge in [-0.15, -0.1) is 0 Å². The minimum Gasteiger partial charge on any atom is -0.238 e. The molecule has 0 spiro atoms. The molecule has 1 nitrogen and oxygen atoms in total. The van der Waals surface area contributed by atoms with Crippen molar-refractivity contribution in [2.75, 3.05) is 0 Å². The molecular weight excluding hydrogens is 270 g/mol. The van der Waals surface area contributed by atoms with Crippen molar-refractivity contribution in [3.8, 4) is 0 Å². The fourth-order valence-electron chi connectivity index (χ4n) is 1.76. The molecule has 0 heterocycles. The van der Waals surface area contributed by atoms with E-state index in [-0.39, 0.29) is 5.69 Å². The highest BCUT2D eigenvalue weighted by molar-refractivity contribution is 5.46. The van der Waals surface area contributed by atoms with Crippen LogP contribution in [0.15, 0.2) is 54.6 Å². The van der Waals surface area contributed by atoms with Crippen LogP contribution in [0.3, 0.4) is 0 Å². The Balaban J connectivity index is 2.45. The SMILES string of the molecule is [C-]#[N+]c1ccc(C(F)(F)C(F)(F)c2ccccc2)cc1. The molecule has 0 aliphatic heterocycles. The van der Waals surface area contributed by atoms with Crippen LogP contribution in [0, 0.1) is 6.57 Å². The van der Waals surface area contributed by atoms with Crippen LogP contribution < -0.4 is 0 Å². The van der Waals surface area contributed by atoms with Gasteiger partial charge in [0.15, 0.2) is 5.69 Å². The average molecular weight is 279 g/mol. The van der Waals surface area contributed by atoms with Crippen LogP contribution >= 0.6 is 0 Å². The summed E-state index contributed by atoms with van der Waals surface area (Å²) in [7, 11) is 0. The van der Waals surface area contributed by atoms with Crippen molar-refractivity contribution in [3.63, 3.8) is 0 Å². The molecular formula is C15H9F4N. The van der Waals surface area contributed by atoms with E-state index >= 15 is 0 Å². The molecule has 0 saturated heterocycles. The second-order valence-electron chi connectivity index (χ2n) is 4.17. The summed E-state index contributed by atoms with van der Waals surface area (Å²) in [6.07, 6.45) is 0. The van der Waals surface area contributed by atoms with Gasteiger partial charge in [0.1, 0.15) is 0 Å². The van der Waals surface area contributed by atoms with E-state index in [9.17, 15) is 17.6 Å². The summed E-state index contributed by atoms with van der Waals surface area (Å²) in [5, 5.41) is 0. The minimum absolute atomic E-state index is 0.118. The third-order valence-electron chi connectivity index (χ3n) is 2.89. The smallest absolute Gasteiger partial charge is 0.238 e. The van der Waals surface area contributed by atoms with E-state index < -0.39 is 23.0 Å². The lowest BCUT2D eigenvalue weighted by atomic mass is 9.96. The van der Waals surface area contributed by atoms with E-state index in [0.29, 0.717) is 0 Å². The molecule has 0 amide bonds. The van der Waals surface area contributed by atoms with Crippen molar-refractivity contribution >= 4 is 5.69 Å². The summed E-state index contributed by atoms with van der Waals surface area (Å²) >= 11 is 0. The van der Waals surface area contributed by atoms with Crippen molar-refractivity contribution in [1.82, 2.24) is 0 Å². The fraction of sp³-hybridized carbons (Fsp3) is 0.133. The molecule has 2 aromatic rings. The Hall–Kier alpha value is -2.35. The summed E-state index contributed by atoms with van der Waals surface area (Å²) in [5.74, 6) is -8.68. The highest BCUT2D eigenvalue weighted by atomic mass is 19.3. The van der Waals surface area contributed by atoms with Crippen LogP contribution in [-0.4, -0.2) is 0 Å². The highest BCUT2D eigenvalue weighted by Crippen LogP contribution is 2.49. The lowest BCUT2D eigenvalue weighted by Gasteiger charge is -2.27. The molecule has 2 aromatic carbocycles. The van der Waals surface area contributed by atoms with E-state index in [1.165, 1.54) is 18.2 Å². The predicted molar refractivity (Wildman–Crippen MR) is 66.9 cm³/mol. The van der Waals surface area contributed by atoms with Crippen LogP contribution in [0.25, 0.3) is 4.85 Å². The zero-order valence-electron chi connectivity index (χ0n) is 10.2. The second kappa shape index (κ2) is 4.97. The van der Waals surface area contributed by atoms with Gasteiger partial charge in [-0.3, -0.25) is 0 Å². The number of benzene rings is 2. The topological polar surface area (TPSA) is 4.36 Å². The number of rotatable bonds is 3. The summed E-state index contributed by atoms with van der Waals surface area (Å²) in [6.45, 7) is 6.72. The Morgan fingerprint density at radius 1 is 0.700 bits per heavy atom. The van der Waals surface area contributed by atoms with Crippen LogP contribution in [0.1, 0.15) is 11.1 Å². The summed E-state index contributed by atoms with van der Waals surface area (Å²) < 4.78 is 56.0. The largest absolute Gasteiger partial charge is 0.339 e. The van der Waals surface area contributed by atoms with Crippen LogP contribution in [0.4, 0.5) is 23.2 Å². The first-order valence-electron chi connectivity index (χ1n) is 5.69. The van der Waals surface area contributed by atoms with Gasteiger partial charge in [-0.2, -0.15) is 17.6 Å². The van der Waals surface area contributed by atoms with Crippen LogP contribution in [0.2, 0.25) is 0 Å². The van der Waals surface area contributed by atoms with Crippen molar-refractivity contribution in [1.29, 1.82) is 0 Å². The monoisotopic (exact) mass is 279 g/mol. The number of halogens is 4. The average Bonchev–Trinajstić information content (AvgIpc) is 2.48. The van der Waals surface area contributed by atoms with Crippen LogP contribution in [-0.2, 0) is 11.8 Å². The Kier molecular flexibility index (Phi) is 3.49. The second-order valence-corrected chi connectivity index (χ2v) is 4.17. The van der Waals surface area contributed by atoms with E-state index in [1.54, 1.807) is 0 Å². The summed E-state index contributed by atoms with van der Waals surface area (Å²) in [4.78, 5) is 3.03. The molecule has 0 aromatic heterocycles. The zero-order valence-corrected chi connectivity index (χ0v) is 10.2. The van der Waals surface area contributed by atoms with Crippen LogP contribution in [0.5, 0.6) is 0 Å². The lowest BCUT2D eigenvalue weighted by Crippen LogP contribution is -2.35. The fourth-order valence-corrected chi connectivity index (χ4v) is 1.76. The molecule has 0 radical (unpaired) electrons. The number of hydrogen-bond acceptors (Lipinski definition) is 0. The minimum atomic E-state index is -4.35. The van der Waals surface area contributed by atoms with Gasteiger partial charge in [-0.1, -0.05) is 54.6 Å². The molecule has 0 fully saturated rings. The maximum Gasteiger partial charge on any atom is 0.339 e. The Morgan fingerprint density at radius 2 is 1.15 bits per heavy atom. The van der Waals surface area contributed by atoms with Gasteiger partial charge in [-0.25, -0.2) is 4.85 Å². The predicted octanol–water partition coefficient (Wildman–Crippen LogP) is 5.12. The molecule has 102 valence electrons. The highest BCUT2D eigenvalue weighted by Gasteiger charge is 2.58. The van der Waals surface area contributed by atoms with Gasteiger partial charge in [0.25, 0.3) is 0 Å². The molecule has 5 heteroatoms. The van der Waals surface area contributed by atoms with Gasteiger partial charge >= 0.3 is 11.8 Å². The van der Waals surface area contributed by atoms with E-state index in [4.69, 9.17) is 6.57 Å². The van der Waals surface area contributed by atoms with Gasteiger partial charge in [0, 0.05) is 11.1 Å². The Labute approximate surface area is 113 Å². The normalized spacial score (nSPS) is 11.9. The van der Waals surface area contributed by atoms with Gasteiger partial charge in [-0.05, 0) is 0 Å². The van der Waals surface area contributed by atoms with Gasteiger partial charge in [0.2, 0.25) is 0 Å². The number of alkyl halides is 4. The van der Waals surface area contributed by atoms with E-state index in [1.807, 2.05) is 0 Å². The molecule has 0 aliphatic rings. The summed E-state index contributed by atoms with van der Waals surface area (Å²) in [6, 6.07) is 9.84. The zero-order chi connectivity index (χ0) is 14.8. The molecule has 0 saturated carbocycles. The van der Waals surface area contributed by atoms with E-state index in [2.05, 4.69) is 4.85 Å². The Morgan fingerprint density at radius 3 is 1.60 bits per heavy atom. The molecule has 20 heavy (non-hydrogen) atoms. The van der Waals surface area contributed by atoms with Gasteiger partial charge in [0.05, 0.1) is 6.57 Å². The quantitative estimate of drug-likeness (QED) is 0.542. The number of hydrogen-bond donors (Lipinski definition) is 0. The third kappa shape index (κ3) is 2.25. The molecule has 2 rings (SSSR count). The Bertz CT molecular complexity index is 627. The molecule has 0 aliphatic carbocycles. The van der Waals surface area contributed by atoms with Crippen molar-refractivity contribution in [2.45, 2.75) is 11.8 Å². The van der Waals surface area contributed by atoms with E-state index in [0.717, 1.165) is 36.4 Å². The molecule has 0 atom stereocenters. The molecule has 0 unspecified atom stereocenters. The standard InChI is InChI=1S/C15H9F4N/c1-20-13-9-7-12(8-10-13)15(18,19)14(16,17)11-5-3-2-4-6-11/h2-10H. The molecule has 0 N–H and O–H groups in total. The van der Waals surface area contributed by atoms with Gasteiger partial charge < -0.3 is 0 Å². The number of nitrogens with zero attached hydrogens (tertiary/aromatic N) is 1. The first kappa shape index (κ1) is 14.1. The first-order chi connectivity index (χ1) is 9.39.